The van der Waals surface area contributed by atoms with Gasteiger partial charge in [0, 0.05) is 12.2 Å². The molecule has 0 radical (unpaired) electrons. The van der Waals surface area contributed by atoms with Crippen LogP contribution < -0.4 is 5.32 Å². The first-order chi connectivity index (χ1) is 11.2. The van der Waals surface area contributed by atoms with Gasteiger partial charge in [0.05, 0.1) is 28.8 Å². The Hall–Kier alpha value is -1.95. The van der Waals surface area contributed by atoms with E-state index in [4.69, 9.17) is 0 Å². The van der Waals surface area contributed by atoms with Crippen molar-refractivity contribution in [2.24, 2.45) is 5.92 Å². The van der Waals surface area contributed by atoms with E-state index in [2.05, 4.69) is 29.2 Å². The topological polar surface area (TPSA) is 80.0 Å². The summed E-state index contributed by atoms with van der Waals surface area (Å²) in [5.74, 6) is -0.166. The van der Waals surface area contributed by atoms with Crippen molar-refractivity contribution in [2.45, 2.75) is 59.6 Å². The Morgan fingerprint density at radius 1 is 1.42 bits per heavy atom. The van der Waals surface area contributed by atoms with E-state index in [-0.39, 0.29) is 24.4 Å². The van der Waals surface area contributed by atoms with Gasteiger partial charge in [-0.2, -0.15) is 5.10 Å². The van der Waals surface area contributed by atoms with Gasteiger partial charge in [-0.25, -0.2) is 9.67 Å². The minimum atomic E-state index is -0.947. The molecule has 6 heteroatoms. The van der Waals surface area contributed by atoms with Crippen LogP contribution in [0.1, 0.15) is 63.1 Å². The van der Waals surface area contributed by atoms with Crippen molar-refractivity contribution in [3.8, 4) is 0 Å². The van der Waals surface area contributed by atoms with Gasteiger partial charge in [0.2, 0.25) is 0 Å². The van der Waals surface area contributed by atoms with E-state index in [1.807, 2.05) is 25.5 Å². The largest absolute Gasteiger partial charge is 0.388 e. The first-order valence-electron chi connectivity index (χ1n) is 8.52. The number of rotatable bonds is 6. The minimum Gasteiger partial charge on any atom is -0.388 e. The molecule has 6 nitrogen and oxygen atoms in total. The smallest absolute Gasteiger partial charge is 0.252 e. The molecule has 0 aromatic carbocycles. The van der Waals surface area contributed by atoms with Crippen LogP contribution in [0, 0.1) is 12.8 Å². The van der Waals surface area contributed by atoms with Gasteiger partial charge in [-0.15, -0.1) is 0 Å². The van der Waals surface area contributed by atoms with E-state index in [9.17, 15) is 9.90 Å². The molecule has 2 atom stereocenters. The highest BCUT2D eigenvalue weighted by molar-refractivity contribution is 6.05. The van der Waals surface area contributed by atoms with E-state index >= 15 is 0 Å². The van der Waals surface area contributed by atoms with Crippen LogP contribution in [-0.2, 0) is 0 Å². The zero-order valence-corrected chi connectivity index (χ0v) is 15.4. The number of fused-ring (bicyclic) bond motifs is 1. The number of nitrogens with zero attached hydrogens (tertiary/aromatic N) is 3. The quantitative estimate of drug-likeness (QED) is 0.852. The lowest BCUT2D eigenvalue weighted by molar-refractivity contribution is 0.0142. The van der Waals surface area contributed by atoms with Gasteiger partial charge in [0.25, 0.3) is 5.91 Å². The molecule has 24 heavy (non-hydrogen) atoms. The fourth-order valence-corrected chi connectivity index (χ4v) is 2.39. The third-order valence-electron chi connectivity index (χ3n) is 4.80. The zero-order valence-electron chi connectivity index (χ0n) is 15.4. The van der Waals surface area contributed by atoms with Gasteiger partial charge in [0.1, 0.15) is 0 Å². The normalized spacial score (nSPS) is 15.5. The number of amides is 1. The monoisotopic (exact) mass is 332 g/mol. The summed E-state index contributed by atoms with van der Waals surface area (Å²) in [7, 11) is 0. The third kappa shape index (κ3) is 3.59. The summed E-state index contributed by atoms with van der Waals surface area (Å²) in [4.78, 5) is 17.2. The molecule has 2 aromatic rings. The minimum absolute atomic E-state index is 0.0464. The number of aromatic nitrogens is 3. The zero-order chi connectivity index (χ0) is 18.1. The number of hydrogen-bond acceptors (Lipinski definition) is 4. The number of nitrogens with one attached hydrogen (secondary N) is 1. The Kier molecular flexibility index (Phi) is 5.28. The second-order valence-electron chi connectivity index (χ2n) is 7.09. The van der Waals surface area contributed by atoms with E-state index in [1.54, 1.807) is 19.2 Å². The SMILES string of the molecule is CCC(C)n1ncc2c(C(=O)NCC(C)(O)C(C)C)cc(C)nc21. The molecule has 0 aliphatic carbocycles. The Balaban J connectivity index is 2.35. The molecule has 2 rings (SSSR count). The van der Waals surface area contributed by atoms with Gasteiger partial charge in [0.15, 0.2) is 5.65 Å². The van der Waals surface area contributed by atoms with Crippen molar-refractivity contribution in [1.82, 2.24) is 20.1 Å². The standard InChI is InChI=1S/C18H28N4O2/c1-7-13(5)22-16-15(9-20-22)14(8-12(4)21-16)17(23)19-10-18(6,24)11(2)3/h8-9,11,13,24H,7,10H2,1-6H3,(H,19,23). The lowest BCUT2D eigenvalue weighted by atomic mass is 9.92. The molecule has 0 spiro atoms. The van der Waals surface area contributed by atoms with Gasteiger partial charge in [-0.3, -0.25) is 4.79 Å². The molecule has 1 amide bonds. The Bertz CT molecular complexity index is 734. The van der Waals surface area contributed by atoms with Crippen LogP contribution in [0.3, 0.4) is 0 Å². The van der Waals surface area contributed by atoms with Crippen LogP contribution >= 0.6 is 0 Å². The molecule has 2 N–H and O–H groups in total. The number of carbonyl (C=O) groups excluding carboxylic acids is 1. The van der Waals surface area contributed by atoms with Crippen molar-refractivity contribution in [2.75, 3.05) is 6.54 Å². The average molecular weight is 332 g/mol. The maximum atomic E-state index is 12.6. The fourth-order valence-electron chi connectivity index (χ4n) is 2.39. The molecule has 0 saturated carbocycles. The van der Waals surface area contributed by atoms with E-state index in [1.165, 1.54) is 0 Å². The molecule has 0 aliphatic rings. The predicted molar refractivity (Wildman–Crippen MR) is 95.1 cm³/mol. The Morgan fingerprint density at radius 2 is 2.08 bits per heavy atom. The average Bonchev–Trinajstić information content (AvgIpc) is 2.94. The van der Waals surface area contributed by atoms with E-state index in [0.717, 1.165) is 23.1 Å². The van der Waals surface area contributed by atoms with Crippen molar-refractivity contribution in [3.05, 3.63) is 23.5 Å². The third-order valence-corrected chi connectivity index (χ3v) is 4.80. The lowest BCUT2D eigenvalue weighted by Gasteiger charge is -2.27. The number of aliphatic hydroxyl groups is 1. The van der Waals surface area contributed by atoms with Crippen LogP contribution in [0.4, 0.5) is 0 Å². The summed E-state index contributed by atoms with van der Waals surface area (Å²) < 4.78 is 1.86. The summed E-state index contributed by atoms with van der Waals surface area (Å²) in [6, 6.07) is 1.99. The van der Waals surface area contributed by atoms with Crippen molar-refractivity contribution in [1.29, 1.82) is 0 Å². The molecule has 0 aliphatic heterocycles. The van der Waals surface area contributed by atoms with Crippen molar-refractivity contribution >= 4 is 16.9 Å². The molecule has 132 valence electrons. The van der Waals surface area contributed by atoms with Crippen LogP contribution in [0.2, 0.25) is 0 Å². The van der Waals surface area contributed by atoms with Crippen LogP contribution in [0.5, 0.6) is 0 Å². The predicted octanol–water partition coefficient (Wildman–Crippen LogP) is 2.85. The maximum Gasteiger partial charge on any atom is 0.252 e. The van der Waals surface area contributed by atoms with E-state index in [0.29, 0.717) is 5.56 Å². The van der Waals surface area contributed by atoms with Gasteiger partial charge < -0.3 is 10.4 Å². The second kappa shape index (κ2) is 6.89. The Morgan fingerprint density at radius 3 is 2.67 bits per heavy atom. The molecular formula is C18H28N4O2. The van der Waals surface area contributed by atoms with Gasteiger partial charge >= 0.3 is 0 Å². The first kappa shape index (κ1) is 18.4. The molecule has 2 heterocycles. The molecular weight excluding hydrogens is 304 g/mol. The number of pyridine rings is 1. The summed E-state index contributed by atoms with van der Waals surface area (Å²) in [6.07, 6.45) is 2.63. The lowest BCUT2D eigenvalue weighted by Crippen LogP contribution is -2.44. The second-order valence-corrected chi connectivity index (χ2v) is 7.09. The first-order valence-corrected chi connectivity index (χ1v) is 8.52. The fraction of sp³-hybridized carbons (Fsp3) is 0.611. The van der Waals surface area contributed by atoms with E-state index < -0.39 is 5.60 Å². The van der Waals surface area contributed by atoms with Gasteiger partial charge in [-0.05, 0) is 39.2 Å². The highest BCUT2D eigenvalue weighted by atomic mass is 16.3. The van der Waals surface area contributed by atoms with Crippen LogP contribution in [0.15, 0.2) is 12.3 Å². The highest BCUT2D eigenvalue weighted by Crippen LogP contribution is 2.22. The molecule has 2 aromatic heterocycles. The molecule has 2 unspecified atom stereocenters. The van der Waals surface area contributed by atoms with Crippen LogP contribution in [-0.4, -0.2) is 37.9 Å². The summed E-state index contributed by atoms with van der Waals surface area (Å²) in [5, 5.41) is 18.3. The number of hydrogen-bond donors (Lipinski definition) is 2. The number of carbonyl (C=O) groups is 1. The van der Waals surface area contributed by atoms with Crippen molar-refractivity contribution in [3.63, 3.8) is 0 Å². The molecule has 0 fully saturated rings. The summed E-state index contributed by atoms with van der Waals surface area (Å²) >= 11 is 0. The summed E-state index contributed by atoms with van der Waals surface area (Å²) in [6.45, 7) is 11.8. The highest BCUT2D eigenvalue weighted by Gasteiger charge is 2.26. The molecule has 0 bridgehead atoms. The Labute approximate surface area is 143 Å². The van der Waals surface area contributed by atoms with Crippen molar-refractivity contribution < 1.29 is 9.90 Å². The van der Waals surface area contributed by atoms with Gasteiger partial charge in [-0.1, -0.05) is 20.8 Å². The van der Waals surface area contributed by atoms with Crippen LogP contribution in [0.25, 0.3) is 11.0 Å². The molecule has 0 saturated heterocycles. The maximum absolute atomic E-state index is 12.6. The number of aryl methyl sites for hydroxylation is 1. The summed E-state index contributed by atoms with van der Waals surface area (Å²) in [5.41, 5.74) is 1.10.